The number of benzene rings is 1. The molecule has 0 unspecified atom stereocenters. The largest absolute Gasteiger partial charge is 0.494 e. The molecule has 5 heteroatoms. The molecule has 0 radical (unpaired) electrons. The van der Waals surface area contributed by atoms with Gasteiger partial charge in [0.05, 0.1) is 18.8 Å². The average Bonchev–Trinajstić information content (AvgIpc) is 2.92. The van der Waals surface area contributed by atoms with E-state index in [1.165, 1.54) is 6.08 Å². The molecule has 0 fully saturated rings. The highest BCUT2D eigenvalue weighted by Gasteiger charge is 2.07. The molecule has 5 nitrogen and oxygen atoms in total. The van der Waals surface area contributed by atoms with Gasteiger partial charge in [0.25, 0.3) is 0 Å². The summed E-state index contributed by atoms with van der Waals surface area (Å²) in [6, 6.07) is 7.67. The highest BCUT2D eigenvalue weighted by molar-refractivity contribution is 5.91. The minimum absolute atomic E-state index is 0.0678. The first-order valence-electron chi connectivity index (χ1n) is 7.28. The van der Waals surface area contributed by atoms with E-state index in [0.29, 0.717) is 6.61 Å². The molecule has 1 aromatic carbocycles. The first kappa shape index (κ1) is 15.8. The molecule has 22 heavy (non-hydrogen) atoms. The maximum Gasteiger partial charge on any atom is 0.244 e. The second-order valence-electron chi connectivity index (χ2n) is 5.01. The second-order valence-corrected chi connectivity index (χ2v) is 5.01. The lowest BCUT2D eigenvalue weighted by Gasteiger charge is -2.13. The van der Waals surface area contributed by atoms with Crippen LogP contribution < -0.4 is 10.1 Å². The minimum atomic E-state index is -0.134. The Hall–Kier alpha value is -2.56. The third-order valence-corrected chi connectivity index (χ3v) is 3.20. The summed E-state index contributed by atoms with van der Waals surface area (Å²) in [5, 5.41) is 6.98. The molecule has 116 valence electrons. The quantitative estimate of drug-likeness (QED) is 0.834. The Morgan fingerprint density at radius 3 is 2.73 bits per heavy atom. The zero-order chi connectivity index (χ0) is 15.9. The maximum atomic E-state index is 11.9. The van der Waals surface area contributed by atoms with Crippen LogP contribution in [0.4, 0.5) is 0 Å². The highest BCUT2D eigenvalue weighted by Crippen LogP contribution is 2.17. The van der Waals surface area contributed by atoms with E-state index in [1.807, 2.05) is 51.4 Å². The molecule has 0 aliphatic carbocycles. The Morgan fingerprint density at radius 1 is 1.41 bits per heavy atom. The van der Waals surface area contributed by atoms with Gasteiger partial charge in [-0.15, -0.1) is 0 Å². The number of nitrogens with zero attached hydrogens (tertiary/aromatic N) is 2. The van der Waals surface area contributed by atoms with E-state index >= 15 is 0 Å². The van der Waals surface area contributed by atoms with E-state index in [1.54, 1.807) is 17.0 Å². The van der Waals surface area contributed by atoms with Gasteiger partial charge in [-0.3, -0.25) is 9.48 Å². The molecule has 1 atom stereocenters. The van der Waals surface area contributed by atoms with Crippen molar-refractivity contribution in [2.75, 3.05) is 6.61 Å². The lowest BCUT2D eigenvalue weighted by atomic mass is 10.1. The van der Waals surface area contributed by atoms with Crippen LogP contribution in [0.2, 0.25) is 0 Å². The summed E-state index contributed by atoms with van der Waals surface area (Å²) in [6.07, 6.45) is 6.81. The van der Waals surface area contributed by atoms with Gasteiger partial charge in [-0.1, -0.05) is 12.1 Å². The summed E-state index contributed by atoms with van der Waals surface area (Å²) in [5.74, 6) is 0.700. The lowest BCUT2D eigenvalue weighted by Crippen LogP contribution is -2.24. The van der Waals surface area contributed by atoms with E-state index in [0.717, 1.165) is 16.9 Å². The van der Waals surface area contributed by atoms with Crippen LogP contribution in [0.5, 0.6) is 5.75 Å². The number of aryl methyl sites for hydroxylation is 1. The number of aromatic nitrogens is 2. The summed E-state index contributed by atoms with van der Waals surface area (Å²) in [7, 11) is 1.84. The van der Waals surface area contributed by atoms with Crippen molar-refractivity contribution >= 4 is 12.0 Å². The summed E-state index contributed by atoms with van der Waals surface area (Å²) >= 11 is 0. The van der Waals surface area contributed by atoms with E-state index in [2.05, 4.69) is 10.4 Å². The zero-order valence-corrected chi connectivity index (χ0v) is 13.1. The van der Waals surface area contributed by atoms with Crippen molar-refractivity contribution in [2.24, 2.45) is 7.05 Å². The number of hydrogen-bond donors (Lipinski definition) is 1. The summed E-state index contributed by atoms with van der Waals surface area (Å²) < 4.78 is 7.10. The Kier molecular flexibility index (Phi) is 5.36. The van der Waals surface area contributed by atoms with Crippen molar-refractivity contribution < 1.29 is 9.53 Å². The van der Waals surface area contributed by atoms with Crippen LogP contribution in [-0.2, 0) is 11.8 Å². The molecular formula is C17H21N3O2. The van der Waals surface area contributed by atoms with Crippen molar-refractivity contribution in [2.45, 2.75) is 19.9 Å². The van der Waals surface area contributed by atoms with Crippen LogP contribution >= 0.6 is 0 Å². The van der Waals surface area contributed by atoms with Gasteiger partial charge in [0.15, 0.2) is 0 Å². The number of amides is 1. The normalized spacial score (nSPS) is 12.3. The highest BCUT2D eigenvalue weighted by atomic mass is 16.5. The summed E-state index contributed by atoms with van der Waals surface area (Å²) in [6.45, 7) is 4.54. The maximum absolute atomic E-state index is 11.9. The van der Waals surface area contributed by atoms with Crippen LogP contribution in [0.1, 0.15) is 31.0 Å². The van der Waals surface area contributed by atoms with Gasteiger partial charge in [-0.25, -0.2) is 0 Å². The molecule has 0 spiro atoms. The number of hydrogen-bond acceptors (Lipinski definition) is 3. The summed E-state index contributed by atoms with van der Waals surface area (Å²) in [4.78, 5) is 11.9. The lowest BCUT2D eigenvalue weighted by molar-refractivity contribution is -0.117. The standard InChI is InChI=1S/C17H21N3O2/c1-4-22-16-8-6-15(7-9-16)13(2)19-17(21)10-5-14-11-18-20(3)12-14/h5-13H,4H2,1-3H3,(H,19,21)/b10-5-/t13-/m1/s1. The average molecular weight is 299 g/mol. The molecule has 1 aromatic heterocycles. The third kappa shape index (κ3) is 4.48. The number of carbonyl (C=O) groups is 1. The van der Waals surface area contributed by atoms with Gasteiger partial charge < -0.3 is 10.1 Å². The predicted octanol–water partition coefficient (Wildman–Crippen LogP) is 2.71. The third-order valence-electron chi connectivity index (χ3n) is 3.20. The van der Waals surface area contributed by atoms with Gasteiger partial charge >= 0.3 is 0 Å². The molecule has 1 amide bonds. The molecule has 0 saturated heterocycles. The molecule has 2 rings (SSSR count). The van der Waals surface area contributed by atoms with Crippen molar-refractivity contribution in [1.82, 2.24) is 15.1 Å². The first-order valence-corrected chi connectivity index (χ1v) is 7.28. The monoisotopic (exact) mass is 299 g/mol. The first-order chi connectivity index (χ1) is 10.6. The SMILES string of the molecule is CCOc1ccc([C@@H](C)NC(=O)/C=C\c2cnn(C)c2)cc1. The smallest absolute Gasteiger partial charge is 0.244 e. The zero-order valence-electron chi connectivity index (χ0n) is 13.1. The number of rotatable bonds is 6. The van der Waals surface area contributed by atoms with Crippen LogP contribution in [-0.4, -0.2) is 22.3 Å². The van der Waals surface area contributed by atoms with Crippen molar-refractivity contribution in [1.29, 1.82) is 0 Å². The topological polar surface area (TPSA) is 56.1 Å². The Labute approximate surface area is 130 Å². The number of carbonyl (C=O) groups excluding carboxylic acids is 1. The molecular weight excluding hydrogens is 278 g/mol. The number of ether oxygens (including phenoxy) is 1. The fraction of sp³-hybridized carbons (Fsp3) is 0.294. The molecule has 1 N–H and O–H groups in total. The predicted molar refractivity (Wildman–Crippen MR) is 86.4 cm³/mol. The van der Waals surface area contributed by atoms with Crippen LogP contribution in [0, 0.1) is 0 Å². The van der Waals surface area contributed by atoms with E-state index in [9.17, 15) is 4.79 Å². The Morgan fingerprint density at radius 2 is 2.14 bits per heavy atom. The van der Waals surface area contributed by atoms with Gasteiger partial charge in [-0.05, 0) is 37.6 Å². The Bertz CT molecular complexity index is 644. The fourth-order valence-electron chi connectivity index (χ4n) is 2.06. The second kappa shape index (κ2) is 7.45. The molecule has 2 aromatic rings. The van der Waals surface area contributed by atoms with E-state index in [4.69, 9.17) is 4.74 Å². The molecule has 1 heterocycles. The van der Waals surface area contributed by atoms with Gasteiger partial charge in [0.1, 0.15) is 5.75 Å². The molecule has 0 aliphatic rings. The van der Waals surface area contributed by atoms with Gasteiger partial charge in [-0.2, -0.15) is 5.10 Å². The van der Waals surface area contributed by atoms with E-state index < -0.39 is 0 Å². The van der Waals surface area contributed by atoms with Crippen LogP contribution in [0.25, 0.3) is 6.08 Å². The van der Waals surface area contributed by atoms with Crippen molar-refractivity contribution in [3.8, 4) is 5.75 Å². The Balaban J connectivity index is 1.91. The van der Waals surface area contributed by atoms with Crippen LogP contribution in [0.15, 0.2) is 42.7 Å². The van der Waals surface area contributed by atoms with Gasteiger partial charge in [0.2, 0.25) is 5.91 Å². The molecule has 0 bridgehead atoms. The van der Waals surface area contributed by atoms with E-state index in [-0.39, 0.29) is 11.9 Å². The summed E-state index contributed by atoms with van der Waals surface area (Å²) in [5.41, 5.74) is 1.93. The molecule has 0 saturated carbocycles. The van der Waals surface area contributed by atoms with Gasteiger partial charge in [0, 0.05) is 24.9 Å². The van der Waals surface area contributed by atoms with Crippen LogP contribution in [0.3, 0.4) is 0 Å². The molecule has 0 aliphatic heterocycles. The fourth-order valence-corrected chi connectivity index (χ4v) is 2.06. The number of nitrogens with one attached hydrogen (secondary N) is 1. The van der Waals surface area contributed by atoms with Crippen molar-refractivity contribution in [3.05, 3.63) is 53.9 Å². The van der Waals surface area contributed by atoms with Crippen molar-refractivity contribution in [3.63, 3.8) is 0 Å². The minimum Gasteiger partial charge on any atom is -0.494 e.